The van der Waals surface area contributed by atoms with Crippen LogP contribution in [0.15, 0.2) is 34.1 Å². The van der Waals surface area contributed by atoms with Crippen molar-refractivity contribution >= 4 is 27.3 Å². The molecule has 0 atom stereocenters. The van der Waals surface area contributed by atoms with Crippen LogP contribution in [-0.2, 0) is 6.42 Å². The summed E-state index contributed by atoms with van der Waals surface area (Å²) in [6.07, 6.45) is 4.03. The van der Waals surface area contributed by atoms with E-state index >= 15 is 0 Å². The number of hydrogen-bond acceptors (Lipinski definition) is 3. The largest absolute Gasteiger partial charge is 0.241 e. The summed E-state index contributed by atoms with van der Waals surface area (Å²) in [6.45, 7) is 0. The van der Waals surface area contributed by atoms with Gasteiger partial charge in [0.1, 0.15) is 0 Å². The van der Waals surface area contributed by atoms with Crippen LogP contribution < -0.4 is 0 Å². The topological polar surface area (TPSA) is 36.7 Å². The van der Waals surface area contributed by atoms with E-state index < -0.39 is 0 Å². The third kappa shape index (κ3) is 2.58. The van der Waals surface area contributed by atoms with E-state index in [1.165, 1.54) is 6.42 Å². The molecule has 1 heterocycles. The first-order chi connectivity index (χ1) is 9.21. The number of aromatic nitrogens is 1. The number of halogens is 1. The summed E-state index contributed by atoms with van der Waals surface area (Å²) in [4.78, 5) is 4.68. The fraction of sp³-hybridized carbons (Fsp3) is 0.333. The summed E-state index contributed by atoms with van der Waals surface area (Å²) >= 11 is 5.14. The Bertz CT molecular complexity index is 638. The van der Waals surface area contributed by atoms with E-state index in [4.69, 9.17) is 0 Å². The molecule has 1 saturated carbocycles. The van der Waals surface area contributed by atoms with Crippen molar-refractivity contribution in [2.75, 3.05) is 0 Å². The maximum atomic E-state index is 9.28. The van der Waals surface area contributed by atoms with Crippen molar-refractivity contribution in [2.45, 2.75) is 25.7 Å². The molecule has 19 heavy (non-hydrogen) atoms. The highest BCUT2D eigenvalue weighted by Gasteiger charge is 2.38. The monoisotopic (exact) mass is 332 g/mol. The van der Waals surface area contributed by atoms with Gasteiger partial charge in [-0.2, -0.15) is 5.26 Å². The van der Waals surface area contributed by atoms with Gasteiger partial charge < -0.3 is 0 Å². The SMILES string of the molecule is N#CC1(Cc2nc(-c3cccc(Br)c3)cs2)CCC1. The van der Waals surface area contributed by atoms with Crippen LogP contribution in [0.5, 0.6) is 0 Å². The Morgan fingerprint density at radius 2 is 2.26 bits per heavy atom. The van der Waals surface area contributed by atoms with Crippen LogP contribution in [0.2, 0.25) is 0 Å². The van der Waals surface area contributed by atoms with Crippen LogP contribution in [0.4, 0.5) is 0 Å². The summed E-state index contributed by atoms with van der Waals surface area (Å²) in [5.74, 6) is 0. The van der Waals surface area contributed by atoms with Gasteiger partial charge in [0.2, 0.25) is 0 Å². The fourth-order valence-electron chi connectivity index (χ4n) is 2.39. The predicted molar refractivity (Wildman–Crippen MR) is 80.9 cm³/mol. The molecule has 0 N–H and O–H groups in total. The first-order valence-corrected chi connectivity index (χ1v) is 8.00. The number of hydrogen-bond donors (Lipinski definition) is 0. The summed E-state index contributed by atoms with van der Waals surface area (Å²) in [5, 5.41) is 12.4. The molecular weight excluding hydrogens is 320 g/mol. The molecule has 1 fully saturated rings. The highest BCUT2D eigenvalue weighted by Crippen LogP contribution is 2.43. The van der Waals surface area contributed by atoms with Crippen LogP contribution in [0.25, 0.3) is 11.3 Å². The van der Waals surface area contributed by atoms with Gasteiger partial charge in [-0.05, 0) is 25.0 Å². The van der Waals surface area contributed by atoms with Crippen molar-refractivity contribution in [2.24, 2.45) is 5.41 Å². The number of benzene rings is 1. The van der Waals surface area contributed by atoms with E-state index in [-0.39, 0.29) is 5.41 Å². The van der Waals surface area contributed by atoms with Gasteiger partial charge in [-0.15, -0.1) is 11.3 Å². The second-order valence-electron chi connectivity index (χ2n) is 5.06. The molecule has 1 aromatic heterocycles. The lowest BCUT2D eigenvalue weighted by Crippen LogP contribution is -2.29. The normalized spacial score (nSPS) is 16.6. The Morgan fingerprint density at radius 3 is 2.89 bits per heavy atom. The van der Waals surface area contributed by atoms with E-state index in [1.54, 1.807) is 11.3 Å². The van der Waals surface area contributed by atoms with Crippen molar-refractivity contribution in [3.8, 4) is 17.3 Å². The Kier molecular flexibility index (Phi) is 3.42. The van der Waals surface area contributed by atoms with Crippen molar-refractivity contribution < 1.29 is 0 Å². The molecule has 2 nitrogen and oxygen atoms in total. The molecule has 0 aliphatic heterocycles. The molecule has 1 aromatic carbocycles. The standard InChI is InChI=1S/C15H13BrN2S/c16-12-4-1-3-11(7-12)13-9-19-14(18-13)8-15(10-17)5-2-6-15/h1,3-4,7,9H,2,5-6,8H2. The third-order valence-electron chi connectivity index (χ3n) is 3.71. The summed E-state index contributed by atoms with van der Waals surface area (Å²) < 4.78 is 1.06. The summed E-state index contributed by atoms with van der Waals surface area (Å²) in [7, 11) is 0. The van der Waals surface area contributed by atoms with E-state index in [9.17, 15) is 5.26 Å². The Morgan fingerprint density at radius 1 is 1.42 bits per heavy atom. The number of rotatable bonds is 3. The Hall–Kier alpha value is -1.18. The van der Waals surface area contributed by atoms with Gasteiger partial charge in [0.05, 0.1) is 22.2 Å². The summed E-state index contributed by atoms with van der Waals surface area (Å²) in [6, 6.07) is 10.6. The van der Waals surface area contributed by atoms with Crippen LogP contribution in [0, 0.1) is 16.7 Å². The van der Waals surface area contributed by atoms with E-state index in [0.717, 1.165) is 40.0 Å². The molecule has 0 bridgehead atoms. The zero-order chi connectivity index (χ0) is 13.3. The molecule has 0 spiro atoms. The van der Waals surface area contributed by atoms with E-state index in [2.05, 4.69) is 44.5 Å². The Labute approximate surface area is 125 Å². The molecule has 3 rings (SSSR count). The van der Waals surface area contributed by atoms with Gasteiger partial charge in [0, 0.05) is 21.8 Å². The van der Waals surface area contributed by atoms with E-state index in [0.29, 0.717) is 0 Å². The molecule has 0 saturated heterocycles. The lowest BCUT2D eigenvalue weighted by molar-refractivity contribution is 0.214. The van der Waals surface area contributed by atoms with Crippen molar-refractivity contribution in [3.05, 3.63) is 39.1 Å². The average Bonchev–Trinajstić information content (AvgIpc) is 2.82. The lowest BCUT2D eigenvalue weighted by atomic mass is 9.68. The molecule has 1 aliphatic carbocycles. The van der Waals surface area contributed by atoms with Crippen molar-refractivity contribution in [3.63, 3.8) is 0 Å². The first kappa shape index (κ1) is 12.8. The fourth-order valence-corrected chi connectivity index (χ4v) is 3.74. The lowest BCUT2D eigenvalue weighted by Gasteiger charge is -2.34. The third-order valence-corrected chi connectivity index (χ3v) is 5.05. The second kappa shape index (κ2) is 5.07. The average molecular weight is 333 g/mol. The van der Waals surface area contributed by atoms with Crippen molar-refractivity contribution in [1.82, 2.24) is 4.98 Å². The van der Waals surface area contributed by atoms with Gasteiger partial charge in [0.15, 0.2) is 0 Å². The molecule has 1 aliphatic rings. The molecule has 0 amide bonds. The smallest absolute Gasteiger partial charge is 0.0948 e. The molecular formula is C15H13BrN2S. The molecule has 2 aromatic rings. The van der Waals surface area contributed by atoms with Gasteiger partial charge >= 0.3 is 0 Å². The highest BCUT2D eigenvalue weighted by molar-refractivity contribution is 9.10. The van der Waals surface area contributed by atoms with Crippen LogP contribution >= 0.6 is 27.3 Å². The molecule has 0 radical (unpaired) electrons. The zero-order valence-corrected chi connectivity index (χ0v) is 12.8. The van der Waals surface area contributed by atoms with Crippen LogP contribution in [0.3, 0.4) is 0 Å². The highest BCUT2D eigenvalue weighted by atomic mass is 79.9. The predicted octanol–water partition coefficient (Wildman–Crippen LogP) is 4.81. The minimum atomic E-state index is -0.133. The quantitative estimate of drug-likeness (QED) is 0.808. The van der Waals surface area contributed by atoms with Gasteiger partial charge in [0.25, 0.3) is 0 Å². The van der Waals surface area contributed by atoms with E-state index in [1.807, 2.05) is 12.1 Å². The minimum Gasteiger partial charge on any atom is -0.241 e. The van der Waals surface area contributed by atoms with Crippen LogP contribution in [-0.4, -0.2) is 4.98 Å². The number of nitrogens with zero attached hydrogens (tertiary/aromatic N) is 2. The maximum Gasteiger partial charge on any atom is 0.0948 e. The molecule has 0 unspecified atom stereocenters. The molecule has 96 valence electrons. The zero-order valence-electron chi connectivity index (χ0n) is 10.4. The number of nitriles is 1. The second-order valence-corrected chi connectivity index (χ2v) is 6.92. The first-order valence-electron chi connectivity index (χ1n) is 6.32. The molecule has 4 heteroatoms. The van der Waals surface area contributed by atoms with Gasteiger partial charge in [-0.3, -0.25) is 0 Å². The summed E-state index contributed by atoms with van der Waals surface area (Å²) in [5.41, 5.74) is 2.00. The van der Waals surface area contributed by atoms with Gasteiger partial charge in [-0.1, -0.05) is 34.5 Å². The number of thiazole rings is 1. The van der Waals surface area contributed by atoms with Gasteiger partial charge in [-0.25, -0.2) is 4.98 Å². The maximum absolute atomic E-state index is 9.28. The Balaban J connectivity index is 1.82. The minimum absolute atomic E-state index is 0.133. The van der Waals surface area contributed by atoms with Crippen LogP contribution in [0.1, 0.15) is 24.3 Å². The van der Waals surface area contributed by atoms with Crippen molar-refractivity contribution in [1.29, 1.82) is 5.26 Å².